The van der Waals surface area contributed by atoms with Gasteiger partial charge in [0.05, 0.1) is 11.5 Å². The van der Waals surface area contributed by atoms with Crippen LogP contribution in [0.2, 0.25) is 0 Å². The van der Waals surface area contributed by atoms with Crippen LogP contribution in [0.25, 0.3) is 4.85 Å². The first kappa shape index (κ1) is 45.0. The summed E-state index contributed by atoms with van der Waals surface area (Å²) < 4.78 is 0. The van der Waals surface area contributed by atoms with Crippen LogP contribution in [0, 0.1) is 58.0 Å². The van der Waals surface area contributed by atoms with Gasteiger partial charge in [-0.1, -0.05) is 156 Å². The Hall–Kier alpha value is -5.10. The number of hydrogen-bond acceptors (Lipinski definition) is 6. The van der Waals surface area contributed by atoms with Gasteiger partial charge in [-0.05, 0) is 73.0 Å². The molecule has 2 aliphatic carbocycles. The molecule has 2 fully saturated rings. The normalized spacial score (nSPS) is 15.7. The molecule has 8 heteroatoms. The number of nitrogens with one attached hydrogen (secondary N) is 4. The van der Waals surface area contributed by atoms with Crippen molar-refractivity contribution in [1.29, 1.82) is 16.1 Å². The Morgan fingerprint density at radius 1 is 0.864 bits per heavy atom. The Bertz CT molecular complexity index is 2130. The molecule has 7 nitrogen and oxygen atoms in total. The summed E-state index contributed by atoms with van der Waals surface area (Å²) in [6.07, 6.45) is 26.4. The monoisotopic (exact) mass is 961 g/mol. The van der Waals surface area contributed by atoms with Gasteiger partial charge in [-0.3, -0.25) is 4.98 Å². The minimum atomic E-state index is -0.933. The van der Waals surface area contributed by atoms with Crippen LogP contribution in [-0.4, -0.2) is 16.5 Å². The first-order valence-corrected chi connectivity index (χ1v) is 21.0. The number of nitrogens with zero attached hydrogens (tertiary/aromatic N) is 3. The largest absolute Gasteiger partial charge is 0.489 e. The Labute approximate surface area is 367 Å². The SMILES string of the molecule is [C-]#[N+]C(=N)C=[C-]Nc1[c-]c(C(c2ccccc2)(c2ccccc2)c2cc(CC3(CCCCCC)CCCC3)cc(N[C-]=CC(=N)C#N)n2)cc(CC2(C)CCCC2)c1.[Pt]. The fraction of sp³-hybridized carbons (Fsp3) is 0.392. The van der Waals surface area contributed by atoms with E-state index in [0.29, 0.717) is 11.5 Å². The Kier molecular flexibility index (Phi) is 16.2. The van der Waals surface area contributed by atoms with E-state index < -0.39 is 5.41 Å². The smallest absolute Gasteiger partial charge is 0.297 e. The number of unbranched alkanes of at least 4 members (excludes halogenated alkanes) is 3. The Morgan fingerprint density at radius 3 is 2.12 bits per heavy atom. The summed E-state index contributed by atoms with van der Waals surface area (Å²) in [5.74, 6) is 0.402. The fourth-order valence-electron chi connectivity index (χ4n) is 9.56. The molecule has 0 bridgehead atoms. The maximum absolute atomic E-state index is 9.31. The van der Waals surface area contributed by atoms with Gasteiger partial charge < -0.3 is 20.9 Å². The van der Waals surface area contributed by atoms with Crippen molar-refractivity contribution in [2.75, 3.05) is 10.6 Å². The summed E-state index contributed by atoms with van der Waals surface area (Å²) >= 11 is 0. The number of nitriles is 1. The van der Waals surface area contributed by atoms with Crippen molar-refractivity contribution in [2.45, 2.75) is 116 Å². The molecule has 4 N–H and O–H groups in total. The van der Waals surface area contributed by atoms with Crippen LogP contribution >= 0.6 is 0 Å². The molecule has 1 heterocycles. The number of amidine groups is 1. The summed E-state index contributed by atoms with van der Waals surface area (Å²) in [5, 5.41) is 31.6. The first-order valence-electron chi connectivity index (χ1n) is 21.0. The van der Waals surface area contributed by atoms with Gasteiger partial charge in [-0.2, -0.15) is 22.9 Å². The number of pyridine rings is 1. The zero-order valence-corrected chi connectivity index (χ0v) is 36.8. The molecule has 0 amide bonds. The summed E-state index contributed by atoms with van der Waals surface area (Å²) in [7, 11) is 0. The van der Waals surface area contributed by atoms with Crippen molar-refractivity contribution in [3.8, 4) is 6.07 Å². The summed E-state index contributed by atoms with van der Waals surface area (Å²) in [6.45, 7) is 11.9. The third kappa shape index (κ3) is 11.3. The minimum absolute atomic E-state index is 0. The predicted octanol–water partition coefficient (Wildman–Crippen LogP) is 12.4. The Balaban J connectivity index is 0.00000661. The van der Waals surface area contributed by atoms with Crippen LogP contribution in [0.1, 0.15) is 131 Å². The quantitative estimate of drug-likeness (QED) is 0.0187. The van der Waals surface area contributed by atoms with Crippen molar-refractivity contribution in [2.24, 2.45) is 10.8 Å². The van der Waals surface area contributed by atoms with Crippen LogP contribution < -0.4 is 10.6 Å². The predicted molar refractivity (Wildman–Crippen MR) is 236 cm³/mol. The zero-order valence-electron chi connectivity index (χ0n) is 34.5. The van der Waals surface area contributed by atoms with Crippen molar-refractivity contribution in [3.63, 3.8) is 0 Å². The van der Waals surface area contributed by atoms with Gasteiger partial charge in [0, 0.05) is 38.3 Å². The van der Waals surface area contributed by atoms with E-state index >= 15 is 0 Å². The maximum Gasteiger partial charge on any atom is 0.297 e. The molecule has 0 unspecified atom stereocenters. The molecular formula is C51H56N7Pt-3. The average molecular weight is 962 g/mol. The molecule has 0 aliphatic heterocycles. The molecule has 6 rings (SSSR count). The van der Waals surface area contributed by atoms with Crippen molar-refractivity contribution < 1.29 is 21.1 Å². The molecular weight excluding hydrogens is 906 g/mol. The van der Waals surface area contributed by atoms with Gasteiger partial charge in [-0.15, -0.1) is 17.7 Å². The van der Waals surface area contributed by atoms with Crippen LogP contribution in [0.3, 0.4) is 0 Å². The van der Waals surface area contributed by atoms with Crippen molar-refractivity contribution >= 4 is 23.1 Å². The van der Waals surface area contributed by atoms with Crippen molar-refractivity contribution in [1.82, 2.24) is 4.98 Å². The molecule has 2 aliphatic rings. The van der Waals surface area contributed by atoms with E-state index in [0.717, 1.165) is 35.2 Å². The molecule has 0 spiro atoms. The van der Waals surface area contributed by atoms with Gasteiger partial charge in [0.25, 0.3) is 5.84 Å². The fourth-order valence-corrected chi connectivity index (χ4v) is 9.56. The number of anilines is 2. The molecule has 59 heavy (non-hydrogen) atoms. The number of hydrogen-bond donors (Lipinski definition) is 4. The molecule has 1 aromatic heterocycles. The van der Waals surface area contributed by atoms with Gasteiger partial charge in [0.2, 0.25) is 0 Å². The van der Waals surface area contributed by atoms with E-state index in [1.807, 2.05) is 18.2 Å². The summed E-state index contributed by atoms with van der Waals surface area (Å²) in [6, 6.07) is 35.7. The first-order chi connectivity index (χ1) is 28.2. The third-order valence-corrected chi connectivity index (χ3v) is 12.3. The van der Waals surface area contributed by atoms with E-state index in [9.17, 15) is 5.26 Å². The second-order valence-corrected chi connectivity index (χ2v) is 16.8. The molecule has 0 atom stereocenters. The maximum atomic E-state index is 9.31. The number of rotatable bonds is 19. The van der Waals surface area contributed by atoms with Crippen LogP contribution in [0.4, 0.5) is 11.5 Å². The molecule has 0 saturated heterocycles. The van der Waals surface area contributed by atoms with Crippen molar-refractivity contribution in [3.05, 3.63) is 160 Å². The van der Waals surface area contributed by atoms with Gasteiger partial charge in [-0.25, -0.2) is 17.4 Å². The molecule has 0 radical (unpaired) electrons. The second-order valence-electron chi connectivity index (χ2n) is 16.8. The van der Waals surface area contributed by atoms with E-state index in [1.165, 1.54) is 107 Å². The minimum Gasteiger partial charge on any atom is -0.489 e. The molecule has 4 aromatic rings. The third-order valence-electron chi connectivity index (χ3n) is 12.3. The Morgan fingerprint density at radius 2 is 1.49 bits per heavy atom. The zero-order chi connectivity index (χ0) is 40.9. The van der Waals surface area contributed by atoms with Crippen LogP contribution in [-0.2, 0) is 39.3 Å². The standard InChI is InChI=1S/C51H56N7.Pt/c1-4-5-6-13-26-50(27-16-17-28-50)37-40-33-46(58-48(34-40)57-29-22-44(53)38-52)51(41-18-9-7-10-19-41,42-20-11-8-12-21-42)43-31-39(36-49(2)24-14-15-25-49)32-45(35-43)56-30-23-47(54)55-3;/h7-12,18-23,31-34,53-54,56H,4-6,13-17,24-28,36-37H2,1-2H3,(H,57,58);/q-3;. The average Bonchev–Trinajstić information content (AvgIpc) is 3.89. The number of benzene rings is 3. The van der Waals surface area contributed by atoms with Gasteiger partial charge >= 0.3 is 0 Å². The topological polar surface area (TPSA) is 113 Å². The van der Waals surface area contributed by atoms with E-state index in [-0.39, 0.29) is 43.4 Å². The van der Waals surface area contributed by atoms with Gasteiger partial charge in [0.15, 0.2) is 0 Å². The molecule has 2 saturated carbocycles. The van der Waals surface area contributed by atoms with E-state index in [1.54, 1.807) is 0 Å². The summed E-state index contributed by atoms with van der Waals surface area (Å²) in [5.41, 5.74) is 6.18. The van der Waals surface area contributed by atoms with E-state index in [2.05, 4.69) is 121 Å². The van der Waals surface area contributed by atoms with Gasteiger partial charge in [0.1, 0.15) is 0 Å². The van der Waals surface area contributed by atoms with Crippen LogP contribution in [0.5, 0.6) is 0 Å². The second kappa shape index (κ2) is 21.2. The number of aromatic nitrogens is 1. The molecule has 3 aromatic carbocycles. The summed E-state index contributed by atoms with van der Waals surface area (Å²) in [4.78, 5) is 8.67. The van der Waals surface area contributed by atoms with Crippen LogP contribution in [0.15, 0.2) is 97.1 Å². The number of allylic oxidation sites excluding steroid dienone is 1. The van der Waals surface area contributed by atoms with E-state index in [4.69, 9.17) is 22.4 Å². The molecule has 308 valence electrons.